The van der Waals surface area contributed by atoms with Crippen LogP contribution >= 0.6 is 11.8 Å². The van der Waals surface area contributed by atoms with E-state index < -0.39 is 40.1 Å². The van der Waals surface area contributed by atoms with Gasteiger partial charge in [-0.2, -0.15) is 8.78 Å². The van der Waals surface area contributed by atoms with E-state index in [-0.39, 0.29) is 29.0 Å². The molecule has 0 aliphatic carbocycles. The lowest BCUT2D eigenvalue weighted by Crippen LogP contribution is -2.25. The summed E-state index contributed by atoms with van der Waals surface area (Å²) in [5.74, 6) is -11.8. The Bertz CT molecular complexity index is 1560. The molecule has 2 amide bonds. The summed E-state index contributed by atoms with van der Waals surface area (Å²) in [4.78, 5) is 27.4. The molecule has 196 valence electrons. The second-order valence-corrected chi connectivity index (χ2v) is 9.41. The summed E-state index contributed by atoms with van der Waals surface area (Å²) in [5, 5.41) is 1.38. The number of thioether (sulfide) groups is 1. The van der Waals surface area contributed by atoms with Crippen LogP contribution in [0.1, 0.15) is 11.4 Å². The van der Waals surface area contributed by atoms with Crippen molar-refractivity contribution in [1.82, 2.24) is 14.9 Å². The molecule has 4 aromatic rings. The van der Waals surface area contributed by atoms with Gasteiger partial charge >= 0.3 is 0 Å². The van der Waals surface area contributed by atoms with Crippen LogP contribution in [-0.4, -0.2) is 25.9 Å². The highest BCUT2D eigenvalue weighted by atomic mass is 32.2. The summed E-state index contributed by atoms with van der Waals surface area (Å²) in [6.07, 6.45) is 0.374. The summed E-state index contributed by atoms with van der Waals surface area (Å²) in [7, 11) is 1.66. The molecule has 1 aliphatic rings. The van der Waals surface area contributed by atoms with Crippen molar-refractivity contribution in [3.8, 4) is 17.2 Å². The lowest BCUT2D eigenvalue weighted by Gasteiger charge is -2.10. The number of rotatable bonds is 7. The van der Waals surface area contributed by atoms with Crippen LogP contribution in [0.25, 0.3) is 11.0 Å². The Labute approximate surface area is 215 Å². The number of ether oxygens (including phenoxy) is 2. The monoisotopic (exact) mass is 549 g/mol. The first-order chi connectivity index (χ1) is 18.1. The Morgan fingerprint density at radius 2 is 1.61 bits per heavy atom. The molecular weight excluding hydrogens is 533 g/mol. The first-order valence-corrected chi connectivity index (χ1v) is 11.9. The molecule has 13 heteroatoms. The van der Waals surface area contributed by atoms with Crippen molar-refractivity contribution in [3.63, 3.8) is 0 Å². The Kier molecular flexibility index (Phi) is 6.69. The molecule has 5 rings (SSSR count). The SMILES string of the molecule is Cn1c(COc2ccc(CC3SC(=O)NC3=O)cc2)nc2c(Oc3c(F)c(F)c(F)c(F)c3F)cccc21. The van der Waals surface area contributed by atoms with Crippen molar-refractivity contribution in [1.29, 1.82) is 0 Å². The molecule has 2 heterocycles. The fourth-order valence-corrected chi connectivity index (χ4v) is 4.70. The Morgan fingerprint density at radius 1 is 0.947 bits per heavy atom. The number of aryl methyl sites for hydroxylation is 1. The van der Waals surface area contributed by atoms with Gasteiger partial charge in [0.2, 0.25) is 40.7 Å². The van der Waals surface area contributed by atoms with Crippen LogP contribution in [0.2, 0.25) is 0 Å². The standard InChI is InChI=1S/C25H16F5N3O4S/c1-33-13-3-2-4-14(37-23-20(29)18(27)17(26)19(28)21(23)30)22(13)31-16(33)10-36-12-7-5-11(6-8-12)9-15-24(34)32-25(35)38-15/h2-8,15H,9-10H2,1H3,(H,32,34,35). The number of carbonyl (C=O) groups is 2. The molecule has 0 spiro atoms. The lowest BCUT2D eigenvalue weighted by atomic mass is 10.1. The quantitative estimate of drug-likeness (QED) is 0.185. The lowest BCUT2D eigenvalue weighted by molar-refractivity contribution is -0.118. The van der Waals surface area contributed by atoms with Gasteiger partial charge in [0, 0.05) is 7.05 Å². The highest BCUT2D eigenvalue weighted by molar-refractivity contribution is 8.15. The average Bonchev–Trinajstić information content (AvgIpc) is 3.41. The first-order valence-electron chi connectivity index (χ1n) is 11.0. The number of carbonyl (C=O) groups excluding carboxylic acids is 2. The zero-order chi connectivity index (χ0) is 27.1. The number of hydrogen-bond acceptors (Lipinski definition) is 6. The zero-order valence-electron chi connectivity index (χ0n) is 19.4. The molecule has 1 atom stereocenters. The van der Waals surface area contributed by atoms with Crippen molar-refractivity contribution in [2.45, 2.75) is 18.3 Å². The Morgan fingerprint density at radius 3 is 2.24 bits per heavy atom. The van der Waals surface area contributed by atoms with Crippen molar-refractivity contribution < 1.29 is 41.0 Å². The van der Waals surface area contributed by atoms with E-state index in [4.69, 9.17) is 9.47 Å². The van der Waals surface area contributed by atoms with Crippen LogP contribution in [0.5, 0.6) is 17.2 Å². The smallest absolute Gasteiger partial charge is 0.286 e. The average molecular weight is 549 g/mol. The maximum atomic E-state index is 14.1. The third-order valence-electron chi connectivity index (χ3n) is 5.83. The summed E-state index contributed by atoms with van der Waals surface area (Å²) in [6.45, 7) is -0.0259. The number of nitrogens with zero attached hydrogens (tertiary/aromatic N) is 2. The minimum Gasteiger partial charge on any atom is -0.486 e. The number of imidazole rings is 1. The molecule has 1 fully saturated rings. The molecule has 3 aromatic carbocycles. The first kappa shape index (κ1) is 25.5. The minimum atomic E-state index is -2.28. The summed E-state index contributed by atoms with van der Waals surface area (Å²) in [6, 6.07) is 11.3. The number of imide groups is 1. The Hall–Kier alpha value is -4.13. The van der Waals surface area contributed by atoms with E-state index in [1.54, 1.807) is 41.9 Å². The van der Waals surface area contributed by atoms with Gasteiger partial charge in [0.25, 0.3) is 5.24 Å². The van der Waals surface area contributed by atoms with Crippen LogP contribution in [-0.2, 0) is 24.9 Å². The van der Waals surface area contributed by atoms with Gasteiger partial charge < -0.3 is 14.0 Å². The van der Waals surface area contributed by atoms with Crippen LogP contribution < -0.4 is 14.8 Å². The molecule has 1 unspecified atom stereocenters. The minimum absolute atomic E-state index is 0.0259. The molecule has 0 radical (unpaired) electrons. The topological polar surface area (TPSA) is 82.5 Å². The van der Waals surface area contributed by atoms with E-state index in [1.807, 2.05) is 0 Å². The number of aromatic nitrogens is 2. The highest BCUT2D eigenvalue weighted by Crippen LogP contribution is 2.36. The van der Waals surface area contributed by atoms with Crippen LogP contribution in [0.3, 0.4) is 0 Å². The van der Waals surface area contributed by atoms with Gasteiger partial charge in [-0.05, 0) is 36.2 Å². The summed E-state index contributed by atoms with van der Waals surface area (Å²) >= 11 is 0.941. The second-order valence-electron chi connectivity index (χ2n) is 8.23. The number of benzene rings is 3. The van der Waals surface area contributed by atoms with Gasteiger partial charge in [0.05, 0.1) is 10.8 Å². The van der Waals surface area contributed by atoms with Gasteiger partial charge in [-0.3, -0.25) is 14.9 Å². The van der Waals surface area contributed by atoms with Crippen LogP contribution in [0.4, 0.5) is 26.7 Å². The molecule has 0 bridgehead atoms. The van der Waals surface area contributed by atoms with Crippen molar-refractivity contribution >= 4 is 33.9 Å². The molecule has 38 heavy (non-hydrogen) atoms. The molecule has 1 N–H and O–H groups in total. The fraction of sp³-hybridized carbons (Fsp3) is 0.160. The van der Waals surface area contributed by atoms with Crippen molar-refractivity contribution in [3.05, 3.63) is 82.9 Å². The fourth-order valence-electron chi connectivity index (χ4n) is 3.84. The van der Waals surface area contributed by atoms with E-state index in [9.17, 15) is 31.5 Å². The maximum Gasteiger partial charge on any atom is 0.286 e. The van der Waals surface area contributed by atoms with Gasteiger partial charge in [-0.15, -0.1) is 0 Å². The number of amides is 2. The van der Waals surface area contributed by atoms with E-state index in [0.717, 1.165) is 17.3 Å². The molecular formula is C25H16F5N3O4S. The number of halogens is 5. The second kappa shape index (κ2) is 9.97. The number of fused-ring (bicyclic) bond motifs is 1. The van der Waals surface area contributed by atoms with E-state index in [1.165, 1.54) is 12.1 Å². The van der Waals surface area contributed by atoms with Gasteiger partial charge in [-0.25, -0.2) is 18.2 Å². The third-order valence-corrected chi connectivity index (χ3v) is 6.81. The number of hydrogen-bond donors (Lipinski definition) is 1. The van der Waals surface area contributed by atoms with Crippen molar-refractivity contribution in [2.75, 3.05) is 0 Å². The largest absolute Gasteiger partial charge is 0.486 e. The number of para-hydroxylation sites is 1. The van der Waals surface area contributed by atoms with E-state index in [2.05, 4.69) is 10.3 Å². The number of nitrogens with one attached hydrogen (secondary N) is 1. The molecule has 1 saturated heterocycles. The maximum absolute atomic E-state index is 14.1. The predicted molar refractivity (Wildman–Crippen MR) is 126 cm³/mol. The molecule has 1 aromatic heterocycles. The Balaban J connectivity index is 1.33. The van der Waals surface area contributed by atoms with Gasteiger partial charge in [0.1, 0.15) is 23.7 Å². The highest BCUT2D eigenvalue weighted by Gasteiger charge is 2.31. The summed E-state index contributed by atoms with van der Waals surface area (Å²) < 4.78 is 81.4. The van der Waals surface area contributed by atoms with Crippen molar-refractivity contribution in [2.24, 2.45) is 7.05 Å². The molecule has 1 aliphatic heterocycles. The normalized spacial score (nSPS) is 15.3. The molecule has 0 saturated carbocycles. The molecule has 7 nitrogen and oxygen atoms in total. The zero-order valence-corrected chi connectivity index (χ0v) is 20.2. The van der Waals surface area contributed by atoms with E-state index in [0.29, 0.717) is 23.5 Å². The van der Waals surface area contributed by atoms with Crippen LogP contribution in [0, 0.1) is 29.1 Å². The third kappa shape index (κ3) is 4.64. The summed E-state index contributed by atoms with van der Waals surface area (Å²) in [5.41, 5.74) is 1.41. The van der Waals surface area contributed by atoms with E-state index >= 15 is 0 Å². The van der Waals surface area contributed by atoms with Crippen LogP contribution in [0.15, 0.2) is 42.5 Å². The van der Waals surface area contributed by atoms with Gasteiger partial charge in [0.15, 0.2) is 5.75 Å². The van der Waals surface area contributed by atoms with Gasteiger partial charge in [-0.1, -0.05) is 30.0 Å². The predicted octanol–water partition coefficient (Wildman–Crippen LogP) is 5.53.